The number of rotatable bonds is 2. The Morgan fingerprint density at radius 1 is 1.27 bits per heavy atom. The summed E-state index contributed by atoms with van der Waals surface area (Å²) in [5, 5.41) is 0. The molecule has 0 aromatic carbocycles. The summed E-state index contributed by atoms with van der Waals surface area (Å²) in [7, 11) is 0. The van der Waals surface area contributed by atoms with Gasteiger partial charge in [0.1, 0.15) is 0 Å². The van der Waals surface area contributed by atoms with E-state index in [9.17, 15) is 0 Å². The zero-order chi connectivity index (χ0) is 11.7. The molecule has 2 N–H and O–H groups in total. The minimum Gasteiger partial charge on any atom is -0.325 e. The van der Waals surface area contributed by atoms with Gasteiger partial charge in [-0.05, 0) is 36.5 Å². The third-order valence-corrected chi connectivity index (χ3v) is 3.91. The molecule has 1 aliphatic rings. The fraction of sp³-hybridized carbons (Fsp3) is 1.00. The second kappa shape index (κ2) is 4.45. The van der Waals surface area contributed by atoms with E-state index >= 15 is 0 Å². The van der Waals surface area contributed by atoms with Crippen molar-refractivity contribution in [3.63, 3.8) is 0 Å². The smallest absolute Gasteiger partial charge is 0.0190 e. The highest BCUT2D eigenvalue weighted by Crippen LogP contribution is 2.45. The van der Waals surface area contributed by atoms with Crippen molar-refractivity contribution in [1.29, 1.82) is 0 Å². The van der Waals surface area contributed by atoms with Crippen molar-refractivity contribution < 1.29 is 0 Å². The normalized spacial score (nSPS) is 33.4. The van der Waals surface area contributed by atoms with Gasteiger partial charge in [-0.3, -0.25) is 0 Å². The molecule has 0 spiro atoms. The lowest BCUT2D eigenvalue weighted by Gasteiger charge is -2.49. The van der Waals surface area contributed by atoms with Gasteiger partial charge in [0.25, 0.3) is 0 Å². The Kier molecular flexibility index (Phi) is 3.86. The maximum atomic E-state index is 6.69. The zero-order valence-corrected chi connectivity index (χ0v) is 11.3. The van der Waals surface area contributed by atoms with E-state index in [0.29, 0.717) is 11.3 Å². The van der Waals surface area contributed by atoms with E-state index in [4.69, 9.17) is 5.73 Å². The molecule has 0 heterocycles. The molecule has 0 radical (unpaired) electrons. The Morgan fingerprint density at radius 3 is 2.33 bits per heavy atom. The fourth-order valence-corrected chi connectivity index (χ4v) is 3.56. The van der Waals surface area contributed by atoms with E-state index in [0.717, 1.165) is 5.92 Å². The Bertz CT molecular complexity index is 202. The molecule has 1 saturated carbocycles. The quantitative estimate of drug-likeness (QED) is 0.735. The van der Waals surface area contributed by atoms with Crippen LogP contribution in [0.1, 0.15) is 66.7 Å². The third kappa shape index (κ3) is 3.21. The van der Waals surface area contributed by atoms with Crippen LogP contribution in [-0.4, -0.2) is 5.54 Å². The van der Waals surface area contributed by atoms with Gasteiger partial charge in [0.15, 0.2) is 0 Å². The van der Waals surface area contributed by atoms with Crippen molar-refractivity contribution in [3.05, 3.63) is 0 Å². The molecule has 0 saturated heterocycles. The highest BCUT2D eigenvalue weighted by Gasteiger charge is 2.43. The molecule has 2 atom stereocenters. The van der Waals surface area contributed by atoms with Gasteiger partial charge in [-0.25, -0.2) is 0 Å². The first kappa shape index (κ1) is 13.0. The van der Waals surface area contributed by atoms with Crippen molar-refractivity contribution in [2.45, 2.75) is 72.3 Å². The molecule has 1 fully saturated rings. The molecule has 0 aromatic heterocycles. The molecule has 90 valence electrons. The molecule has 0 aliphatic heterocycles. The number of hydrogen-bond acceptors (Lipinski definition) is 1. The standard InChI is InChI=1S/C14H29N/c1-11(2)10-14(15)9-7-6-8-12(14)13(3,4)5/h11-12H,6-10,15H2,1-5H3. The predicted molar refractivity (Wildman–Crippen MR) is 67.8 cm³/mol. The van der Waals surface area contributed by atoms with E-state index in [2.05, 4.69) is 34.6 Å². The van der Waals surface area contributed by atoms with Crippen molar-refractivity contribution in [2.75, 3.05) is 0 Å². The summed E-state index contributed by atoms with van der Waals surface area (Å²) in [4.78, 5) is 0. The Balaban J connectivity index is 2.81. The first-order valence-corrected chi connectivity index (χ1v) is 6.54. The minimum atomic E-state index is 0.102. The maximum absolute atomic E-state index is 6.69. The molecule has 1 nitrogen and oxygen atoms in total. The molecule has 2 unspecified atom stereocenters. The van der Waals surface area contributed by atoms with Gasteiger partial charge in [-0.15, -0.1) is 0 Å². The first-order valence-electron chi connectivity index (χ1n) is 6.54. The molecular weight excluding hydrogens is 182 g/mol. The van der Waals surface area contributed by atoms with Crippen LogP contribution in [0.5, 0.6) is 0 Å². The van der Waals surface area contributed by atoms with Gasteiger partial charge in [-0.1, -0.05) is 47.5 Å². The lowest BCUT2D eigenvalue weighted by atomic mass is 9.60. The summed E-state index contributed by atoms with van der Waals surface area (Å²) in [5.74, 6) is 1.42. The van der Waals surface area contributed by atoms with Gasteiger partial charge in [0.05, 0.1) is 0 Å². The minimum absolute atomic E-state index is 0.102. The summed E-state index contributed by atoms with van der Waals surface area (Å²) in [5.41, 5.74) is 7.16. The van der Waals surface area contributed by atoms with Crippen LogP contribution in [0.25, 0.3) is 0 Å². The largest absolute Gasteiger partial charge is 0.325 e. The Morgan fingerprint density at radius 2 is 1.87 bits per heavy atom. The van der Waals surface area contributed by atoms with Gasteiger partial charge < -0.3 is 5.73 Å². The molecule has 0 amide bonds. The molecule has 1 aliphatic carbocycles. The Labute approximate surface area is 95.8 Å². The van der Waals surface area contributed by atoms with E-state index in [1.54, 1.807) is 0 Å². The van der Waals surface area contributed by atoms with E-state index < -0.39 is 0 Å². The predicted octanol–water partition coefficient (Wildman–Crippen LogP) is 3.97. The van der Waals surface area contributed by atoms with Gasteiger partial charge in [0, 0.05) is 5.54 Å². The van der Waals surface area contributed by atoms with Crippen molar-refractivity contribution in [3.8, 4) is 0 Å². The average Bonchev–Trinajstić information content (AvgIpc) is 1.99. The molecule has 0 aromatic rings. The van der Waals surface area contributed by atoms with E-state index in [1.165, 1.54) is 32.1 Å². The van der Waals surface area contributed by atoms with E-state index in [-0.39, 0.29) is 5.54 Å². The van der Waals surface area contributed by atoms with Crippen molar-refractivity contribution in [2.24, 2.45) is 23.0 Å². The number of hydrogen-bond donors (Lipinski definition) is 1. The second-order valence-corrected chi connectivity index (χ2v) is 7.00. The summed E-state index contributed by atoms with van der Waals surface area (Å²) < 4.78 is 0. The fourth-order valence-electron chi connectivity index (χ4n) is 3.56. The molecule has 1 heteroatoms. The summed E-state index contributed by atoms with van der Waals surface area (Å²) in [6.07, 6.45) is 6.45. The van der Waals surface area contributed by atoms with Crippen LogP contribution >= 0.6 is 0 Å². The highest BCUT2D eigenvalue weighted by molar-refractivity contribution is 4.99. The number of nitrogens with two attached hydrogens (primary N) is 1. The lowest BCUT2D eigenvalue weighted by molar-refractivity contribution is 0.0642. The molecule has 0 bridgehead atoms. The SMILES string of the molecule is CC(C)CC1(N)CCCCC1C(C)(C)C. The van der Waals surface area contributed by atoms with Crippen LogP contribution < -0.4 is 5.73 Å². The second-order valence-electron chi connectivity index (χ2n) is 7.00. The van der Waals surface area contributed by atoms with Gasteiger partial charge in [-0.2, -0.15) is 0 Å². The maximum Gasteiger partial charge on any atom is 0.0190 e. The van der Waals surface area contributed by atoms with Crippen molar-refractivity contribution >= 4 is 0 Å². The molecule has 15 heavy (non-hydrogen) atoms. The third-order valence-electron chi connectivity index (χ3n) is 3.91. The topological polar surface area (TPSA) is 26.0 Å². The molecular formula is C14H29N. The average molecular weight is 211 g/mol. The Hall–Kier alpha value is -0.0400. The highest BCUT2D eigenvalue weighted by atomic mass is 14.8. The first-order chi connectivity index (χ1) is 6.76. The van der Waals surface area contributed by atoms with E-state index in [1.807, 2.05) is 0 Å². The van der Waals surface area contributed by atoms with Crippen LogP contribution in [0.15, 0.2) is 0 Å². The summed E-state index contributed by atoms with van der Waals surface area (Å²) in [6, 6.07) is 0. The van der Waals surface area contributed by atoms with Crippen molar-refractivity contribution in [1.82, 2.24) is 0 Å². The summed E-state index contributed by atoms with van der Waals surface area (Å²) >= 11 is 0. The van der Waals surface area contributed by atoms with Gasteiger partial charge >= 0.3 is 0 Å². The zero-order valence-electron chi connectivity index (χ0n) is 11.3. The lowest BCUT2D eigenvalue weighted by Crippen LogP contribution is -2.54. The summed E-state index contributed by atoms with van der Waals surface area (Å²) in [6.45, 7) is 11.6. The van der Waals surface area contributed by atoms with Crippen LogP contribution in [-0.2, 0) is 0 Å². The van der Waals surface area contributed by atoms with Gasteiger partial charge in [0.2, 0.25) is 0 Å². The van der Waals surface area contributed by atoms with Crippen LogP contribution in [0.3, 0.4) is 0 Å². The van der Waals surface area contributed by atoms with Crippen LogP contribution in [0, 0.1) is 17.3 Å². The monoisotopic (exact) mass is 211 g/mol. The molecule has 1 rings (SSSR count). The van der Waals surface area contributed by atoms with Crippen LogP contribution in [0.4, 0.5) is 0 Å². The van der Waals surface area contributed by atoms with Crippen LogP contribution in [0.2, 0.25) is 0 Å².